The number of nitrogens with two attached hydrogens (primary N) is 1. The summed E-state index contributed by atoms with van der Waals surface area (Å²) in [7, 11) is 0. The number of halogens is 1. The predicted molar refractivity (Wildman–Crippen MR) is 74.2 cm³/mol. The molecule has 0 amide bonds. The van der Waals surface area contributed by atoms with Gasteiger partial charge < -0.3 is 5.73 Å². The van der Waals surface area contributed by atoms with Crippen LogP contribution in [0.15, 0.2) is 24.3 Å². The van der Waals surface area contributed by atoms with Gasteiger partial charge in [-0.05, 0) is 37.3 Å². The summed E-state index contributed by atoms with van der Waals surface area (Å²) in [6, 6.07) is 8.02. The molecule has 0 bridgehead atoms. The van der Waals surface area contributed by atoms with Crippen LogP contribution in [-0.2, 0) is 5.54 Å². The lowest BCUT2D eigenvalue weighted by molar-refractivity contribution is 0.269. The van der Waals surface area contributed by atoms with Crippen LogP contribution in [0.25, 0.3) is 0 Å². The number of benzene rings is 1. The van der Waals surface area contributed by atoms with Crippen molar-refractivity contribution in [3.8, 4) is 0 Å². The lowest BCUT2D eigenvalue weighted by Gasteiger charge is -2.35. The van der Waals surface area contributed by atoms with Crippen LogP contribution < -0.4 is 5.73 Å². The molecule has 0 aliphatic heterocycles. The standard InChI is InChI=1S/C15H22ClN/c1-15(17,12-8-4-2-3-5-9-12)13-10-6-7-11-14(13)16/h6-7,10-12H,2-5,8-9,17H2,1H3. The molecule has 2 rings (SSSR count). The minimum absolute atomic E-state index is 0.289. The lowest BCUT2D eigenvalue weighted by Crippen LogP contribution is -2.41. The first-order valence-corrected chi connectivity index (χ1v) is 7.04. The average Bonchev–Trinajstić information content (AvgIpc) is 2.58. The molecule has 1 aromatic rings. The quantitative estimate of drug-likeness (QED) is 0.771. The molecule has 17 heavy (non-hydrogen) atoms. The molecular formula is C15H22ClN. The van der Waals surface area contributed by atoms with E-state index >= 15 is 0 Å². The van der Waals surface area contributed by atoms with Crippen molar-refractivity contribution in [2.24, 2.45) is 11.7 Å². The van der Waals surface area contributed by atoms with Crippen LogP contribution in [-0.4, -0.2) is 0 Å². The summed E-state index contributed by atoms with van der Waals surface area (Å²) in [6.45, 7) is 2.14. The van der Waals surface area contributed by atoms with Crippen LogP contribution in [0.2, 0.25) is 5.02 Å². The Labute approximate surface area is 109 Å². The summed E-state index contributed by atoms with van der Waals surface area (Å²) in [4.78, 5) is 0. The van der Waals surface area contributed by atoms with E-state index in [2.05, 4.69) is 13.0 Å². The summed E-state index contributed by atoms with van der Waals surface area (Å²) >= 11 is 6.29. The summed E-state index contributed by atoms with van der Waals surface area (Å²) < 4.78 is 0. The highest BCUT2D eigenvalue weighted by molar-refractivity contribution is 6.31. The molecule has 0 radical (unpaired) electrons. The fourth-order valence-corrected chi connectivity index (χ4v) is 3.34. The van der Waals surface area contributed by atoms with E-state index in [-0.39, 0.29) is 5.54 Å². The Kier molecular flexibility index (Phi) is 4.11. The van der Waals surface area contributed by atoms with Gasteiger partial charge in [-0.1, -0.05) is 55.5 Å². The van der Waals surface area contributed by atoms with Crippen molar-refractivity contribution in [2.45, 2.75) is 51.0 Å². The van der Waals surface area contributed by atoms with Crippen LogP contribution in [0.4, 0.5) is 0 Å². The molecule has 2 heteroatoms. The molecule has 1 aliphatic carbocycles. The number of rotatable bonds is 2. The van der Waals surface area contributed by atoms with Crippen molar-refractivity contribution in [1.82, 2.24) is 0 Å². The third kappa shape index (κ3) is 2.83. The van der Waals surface area contributed by atoms with E-state index in [1.807, 2.05) is 18.2 Å². The van der Waals surface area contributed by atoms with Crippen LogP contribution >= 0.6 is 11.6 Å². The SMILES string of the molecule is CC(N)(c1ccccc1Cl)C1CCCCCC1. The fraction of sp³-hybridized carbons (Fsp3) is 0.600. The minimum atomic E-state index is -0.289. The Morgan fingerprint density at radius 2 is 1.71 bits per heavy atom. The van der Waals surface area contributed by atoms with Crippen molar-refractivity contribution in [3.05, 3.63) is 34.9 Å². The van der Waals surface area contributed by atoms with E-state index in [1.165, 1.54) is 38.5 Å². The number of hydrogen-bond donors (Lipinski definition) is 1. The van der Waals surface area contributed by atoms with Crippen LogP contribution in [0.1, 0.15) is 51.0 Å². The smallest absolute Gasteiger partial charge is 0.0456 e. The zero-order chi connectivity index (χ0) is 12.3. The first-order chi connectivity index (χ1) is 8.12. The van der Waals surface area contributed by atoms with Crippen molar-refractivity contribution in [2.75, 3.05) is 0 Å². The normalized spacial score (nSPS) is 21.8. The zero-order valence-corrected chi connectivity index (χ0v) is 11.3. The highest BCUT2D eigenvalue weighted by Crippen LogP contribution is 2.38. The second kappa shape index (κ2) is 5.41. The average molecular weight is 252 g/mol. The van der Waals surface area contributed by atoms with Gasteiger partial charge in [-0.25, -0.2) is 0 Å². The summed E-state index contributed by atoms with van der Waals surface area (Å²) in [5, 5.41) is 0.807. The molecule has 1 fully saturated rings. The van der Waals surface area contributed by atoms with E-state index in [1.54, 1.807) is 0 Å². The molecule has 0 saturated heterocycles. The van der Waals surface area contributed by atoms with Gasteiger partial charge in [0, 0.05) is 10.6 Å². The summed E-state index contributed by atoms with van der Waals surface area (Å²) in [6.07, 6.45) is 7.80. The zero-order valence-electron chi connectivity index (χ0n) is 10.6. The minimum Gasteiger partial charge on any atom is -0.321 e. The maximum absolute atomic E-state index is 6.60. The van der Waals surface area contributed by atoms with E-state index in [4.69, 9.17) is 17.3 Å². The van der Waals surface area contributed by atoms with Gasteiger partial charge in [-0.2, -0.15) is 0 Å². The second-order valence-electron chi connectivity index (χ2n) is 5.45. The van der Waals surface area contributed by atoms with Crippen LogP contribution in [0.3, 0.4) is 0 Å². The topological polar surface area (TPSA) is 26.0 Å². The van der Waals surface area contributed by atoms with Crippen molar-refractivity contribution < 1.29 is 0 Å². The van der Waals surface area contributed by atoms with Gasteiger partial charge in [0.1, 0.15) is 0 Å². The third-order valence-electron chi connectivity index (χ3n) is 4.16. The van der Waals surface area contributed by atoms with E-state index in [0.717, 1.165) is 10.6 Å². The molecule has 1 aliphatic rings. The van der Waals surface area contributed by atoms with Crippen LogP contribution in [0.5, 0.6) is 0 Å². The molecule has 94 valence electrons. The second-order valence-corrected chi connectivity index (χ2v) is 5.86. The molecule has 1 nitrogen and oxygen atoms in total. The highest BCUT2D eigenvalue weighted by Gasteiger charge is 2.33. The van der Waals surface area contributed by atoms with Gasteiger partial charge in [-0.3, -0.25) is 0 Å². The van der Waals surface area contributed by atoms with Crippen molar-refractivity contribution in [1.29, 1.82) is 0 Å². The third-order valence-corrected chi connectivity index (χ3v) is 4.49. The molecule has 0 aromatic heterocycles. The Balaban J connectivity index is 2.25. The molecule has 1 atom stereocenters. The van der Waals surface area contributed by atoms with Gasteiger partial charge in [0.25, 0.3) is 0 Å². The van der Waals surface area contributed by atoms with Crippen LogP contribution in [0, 0.1) is 5.92 Å². The first-order valence-electron chi connectivity index (χ1n) is 6.66. The van der Waals surface area contributed by atoms with Gasteiger partial charge in [0.2, 0.25) is 0 Å². The van der Waals surface area contributed by atoms with Gasteiger partial charge >= 0.3 is 0 Å². The molecular weight excluding hydrogens is 230 g/mol. The van der Waals surface area contributed by atoms with Gasteiger partial charge in [0.15, 0.2) is 0 Å². The van der Waals surface area contributed by atoms with E-state index in [0.29, 0.717) is 5.92 Å². The first kappa shape index (κ1) is 12.9. The predicted octanol–water partition coefficient (Wildman–Crippen LogP) is 4.48. The molecule has 2 N–H and O–H groups in total. The van der Waals surface area contributed by atoms with Crippen molar-refractivity contribution >= 4 is 11.6 Å². The Morgan fingerprint density at radius 1 is 1.12 bits per heavy atom. The van der Waals surface area contributed by atoms with Gasteiger partial charge in [-0.15, -0.1) is 0 Å². The molecule has 1 saturated carbocycles. The Bertz CT molecular complexity index is 365. The summed E-state index contributed by atoms with van der Waals surface area (Å²) in [5.74, 6) is 0.560. The number of hydrogen-bond acceptors (Lipinski definition) is 1. The molecule has 0 heterocycles. The molecule has 0 spiro atoms. The highest BCUT2D eigenvalue weighted by atomic mass is 35.5. The lowest BCUT2D eigenvalue weighted by atomic mass is 9.76. The molecule has 1 aromatic carbocycles. The monoisotopic (exact) mass is 251 g/mol. The van der Waals surface area contributed by atoms with Gasteiger partial charge in [0.05, 0.1) is 0 Å². The maximum Gasteiger partial charge on any atom is 0.0456 e. The summed E-state index contributed by atoms with van der Waals surface area (Å²) in [5.41, 5.74) is 7.41. The Hall–Kier alpha value is -0.530. The van der Waals surface area contributed by atoms with Crippen molar-refractivity contribution in [3.63, 3.8) is 0 Å². The fourth-order valence-electron chi connectivity index (χ4n) is 3.00. The largest absolute Gasteiger partial charge is 0.321 e. The van der Waals surface area contributed by atoms with E-state index < -0.39 is 0 Å². The Morgan fingerprint density at radius 3 is 2.29 bits per heavy atom. The maximum atomic E-state index is 6.60. The molecule has 1 unspecified atom stereocenters. The van der Waals surface area contributed by atoms with E-state index in [9.17, 15) is 0 Å².